The Balaban J connectivity index is 1.55. The number of benzene rings is 1. The van der Waals surface area contributed by atoms with Crippen LogP contribution in [0.4, 0.5) is 5.69 Å². The average Bonchev–Trinajstić information content (AvgIpc) is 3.48. The lowest BCUT2D eigenvalue weighted by Crippen LogP contribution is -3.08. The molecule has 2 saturated heterocycles. The second-order valence-electron chi connectivity index (χ2n) is 8.11. The Labute approximate surface area is 172 Å². The second kappa shape index (κ2) is 8.00. The maximum Gasteiger partial charge on any atom is 0.213 e. The van der Waals surface area contributed by atoms with E-state index in [-0.39, 0.29) is 6.10 Å². The Hall–Kier alpha value is -1.04. The van der Waals surface area contributed by atoms with Crippen LogP contribution < -0.4 is 9.68 Å². The summed E-state index contributed by atoms with van der Waals surface area (Å²) in [6.45, 7) is 3.86. The molecule has 150 valence electrons. The molecule has 0 amide bonds. The predicted molar refractivity (Wildman–Crippen MR) is 116 cm³/mol. The number of quaternary nitrogens is 1. The van der Waals surface area contributed by atoms with Crippen LogP contribution in [0.15, 0.2) is 46.4 Å². The first-order chi connectivity index (χ1) is 13.8. The third-order valence-corrected chi connectivity index (χ3v) is 9.97. The number of nitrogens with one attached hydrogen (secondary N) is 1. The van der Waals surface area contributed by atoms with Gasteiger partial charge in [-0.05, 0) is 49.6 Å². The molecule has 5 nitrogen and oxygen atoms in total. The lowest BCUT2D eigenvalue weighted by Gasteiger charge is -2.31. The van der Waals surface area contributed by atoms with Crippen LogP contribution in [-0.4, -0.2) is 38.1 Å². The summed E-state index contributed by atoms with van der Waals surface area (Å²) in [5.74, 6) is 0. The SMILES string of the molecule is S=[P@@]1(OC[C@H]2CCCO2)C2=C([NH+]3CCCC3)CCCC2=NN1c1ccccc1. The number of nitrogens with zero attached hydrogens (tertiary/aromatic N) is 2. The zero-order chi connectivity index (χ0) is 19.0. The molecule has 7 heteroatoms. The van der Waals surface area contributed by atoms with Gasteiger partial charge in [0.2, 0.25) is 6.42 Å². The molecule has 4 aliphatic rings. The lowest BCUT2D eigenvalue weighted by atomic mass is 10.0. The fourth-order valence-electron chi connectivity index (χ4n) is 4.84. The lowest BCUT2D eigenvalue weighted by molar-refractivity contribution is -0.849. The van der Waals surface area contributed by atoms with E-state index >= 15 is 0 Å². The van der Waals surface area contributed by atoms with E-state index in [9.17, 15) is 0 Å². The molecule has 3 aliphatic heterocycles. The zero-order valence-electron chi connectivity index (χ0n) is 16.3. The van der Waals surface area contributed by atoms with E-state index < -0.39 is 6.42 Å². The Morgan fingerprint density at radius 2 is 1.96 bits per heavy atom. The first kappa shape index (κ1) is 19.0. The molecule has 28 heavy (non-hydrogen) atoms. The number of rotatable bonds is 5. The molecule has 0 radical (unpaired) electrons. The van der Waals surface area contributed by atoms with Crippen molar-refractivity contribution in [1.29, 1.82) is 0 Å². The van der Waals surface area contributed by atoms with Gasteiger partial charge in [-0.25, -0.2) is 4.78 Å². The third-order valence-electron chi connectivity index (χ3n) is 6.23. The number of hydrazone groups is 1. The molecule has 0 spiro atoms. The minimum absolute atomic E-state index is 0.174. The van der Waals surface area contributed by atoms with Crippen LogP contribution >= 0.6 is 6.42 Å². The molecule has 1 N–H and O–H groups in total. The normalized spacial score (nSPS) is 30.8. The molecular formula is C21H29N3O2PS+. The van der Waals surface area contributed by atoms with Crippen molar-refractivity contribution >= 4 is 29.6 Å². The maximum atomic E-state index is 6.64. The van der Waals surface area contributed by atoms with Crippen molar-refractivity contribution in [1.82, 2.24) is 0 Å². The van der Waals surface area contributed by atoms with Gasteiger partial charge in [-0.3, -0.25) is 0 Å². The molecule has 0 saturated carbocycles. The summed E-state index contributed by atoms with van der Waals surface area (Å²) in [7, 11) is 0. The first-order valence-electron chi connectivity index (χ1n) is 10.6. The number of allylic oxidation sites excluding steroid dienone is 2. The minimum atomic E-state index is -2.45. The van der Waals surface area contributed by atoms with Crippen LogP contribution in [0.2, 0.25) is 0 Å². The van der Waals surface area contributed by atoms with Crippen molar-refractivity contribution < 1.29 is 14.2 Å². The van der Waals surface area contributed by atoms with E-state index in [1.165, 1.54) is 49.1 Å². The van der Waals surface area contributed by atoms with E-state index in [1.54, 1.807) is 4.90 Å². The Bertz CT molecular complexity index is 829. The number of likely N-dealkylation sites (tertiary alicyclic amines) is 1. The number of hydrogen-bond donors (Lipinski definition) is 1. The smallest absolute Gasteiger partial charge is 0.213 e. The van der Waals surface area contributed by atoms with Gasteiger partial charge in [-0.2, -0.15) is 5.10 Å². The highest BCUT2D eigenvalue weighted by molar-refractivity contribution is 8.15. The average molecular weight is 419 g/mol. The van der Waals surface area contributed by atoms with Gasteiger partial charge < -0.3 is 14.2 Å². The van der Waals surface area contributed by atoms with Crippen molar-refractivity contribution in [2.24, 2.45) is 5.10 Å². The van der Waals surface area contributed by atoms with E-state index in [0.717, 1.165) is 38.0 Å². The highest BCUT2D eigenvalue weighted by Gasteiger charge is 2.47. The van der Waals surface area contributed by atoms with Crippen LogP contribution in [0, 0.1) is 0 Å². The van der Waals surface area contributed by atoms with E-state index in [4.69, 9.17) is 26.2 Å². The standard InChI is InChI=1S/C21H28N3O2PS/c28-27(26-16-18-10-7-15-25-18)21-19(22-24(27)17-8-2-1-3-9-17)11-6-12-20(21)23-13-4-5-14-23/h1-3,8-9,18H,4-7,10-16H2/p+1/t18-,27+/m1/s1. The summed E-state index contributed by atoms with van der Waals surface area (Å²) in [6.07, 6.45) is 5.83. The van der Waals surface area contributed by atoms with Gasteiger partial charge in [-0.1, -0.05) is 18.2 Å². The van der Waals surface area contributed by atoms with Gasteiger partial charge in [0.15, 0.2) is 0 Å². The Morgan fingerprint density at radius 1 is 1.14 bits per heavy atom. The fourth-order valence-corrected chi connectivity index (χ4v) is 8.62. The Kier molecular flexibility index (Phi) is 5.42. The summed E-state index contributed by atoms with van der Waals surface area (Å²) >= 11 is 6.39. The topological polar surface area (TPSA) is 38.5 Å². The van der Waals surface area contributed by atoms with Gasteiger partial charge in [0.1, 0.15) is 11.0 Å². The van der Waals surface area contributed by atoms with Gasteiger partial charge >= 0.3 is 0 Å². The number of hydrogen-bond acceptors (Lipinski definition) is 4. The van der Waals surface area contributed by atoms with Crippen LogP contribution in [0.25, 0.3) is 0 Å². The van der Waals surface area contributed by atoms with Crippen LogP contribution in [0.1, 0.15) is 44.9 Å². The van der Waals surface area contributed by atoms with Crippen LogP contribution in [-0.2, 0) is 21.1 Å². The molecule has 1 aliphatic carbocycles. The molecule has 2 fully saturated rings. The molecular weight excluding hydrogens is 389 g/mol. The van der Waals surface area contributed by atoms with Gasteiger partial charge in [-0.15, -0.1) is 0 Å². The molecule has 0 bridgehead atoms. The van der Waals surface area contributed by atoms with Crippen molar-refractivity contribution in [2.75, 3.05) is 31.1 Å². The number of anilines is 1. The summed E-state index contributed by atoms with van der Waals surface area (Å²) in [6, 6.07) is 10.3. The minimum Gasteiger partial charge on any atom is -0.376 e. The van der Waals surface area contributed by atoms with E-state index in [0.29, 0.717) is 6.61 Å². The molecule has 0 aromatic heterocycles. The number of fused-ring (bicyclic) bond motifs is 1. The van der Waals surface area contributed by atoms with E-state index in [1.807, 2.05) is 6.07 Å². The predicted octanol–water partition coefficient (Wildman–Crippen LogP) is 3.44. The first-order valence-corrected chi connectivity index (χ1v) is 13.3. The summed E-state index contributed by atoms with van der Waals surface area (Å²) in [5, 5.41) is 6.34. The van der Waals surface area contributed by atoms with Crippen molar-refractivity contribution in [3.05, 3.63) is 41.3 Å². The highest BCUT2D eigenvalue weighted by atomic mass is 32.4. The summed E-state index contributed by atoms with van der Waals surface area (Å²) in [5.41, 5.74) is 3.72. The van der Waals surface area contributed by atoms with Gasteiger partial charge in [0.25, 0.3) is 0 Å². The molecule has 0 unspecified atom stereocenters. The van der Waals surface area contributed by atoms with Gasteiger partial charge in [0, 0.05) is 25.9 Å². The molecule has 2 atom stereocenters. The second-order valence-corrected chi connectivity index (χ2v) is 11.7. The summed E-state index contributed by atoms with van der Waals surface area (Å²) in [4.78, 5) is 1.62. The number of ether oxygens (including phenoxy) is 1. The molecule has 1 aromatic rings. The highest BCUT2D eigenvalue weighted by Crippen LogP contribution is 2.66. The third kappa shape index (κ3) is 3.40. The Morgan fingerprint density at radius 3 is 2.71 bits per heavy atom. The molecule has 5 rings (SSSR count). The molecule has 1 aromatic carbocycles. The number of para-hydroxylation sites is 1. The van der Waals surface area contributed by atoms with Crippen molar-refractivity contribution in [3.8, 4) is 0 Å². The quantitative estimate of drug-likeness (QED) is 0.744. The van der Waals surface area contributed by atoms with Crippen molar-refractivity contribution in [3.63, 3.8) is 0 Å². The monoisotopic (exact) mass is 418 g/mol. The van der Waals surface area contributed by atoms with E-state index in [2.05, 4.69) is 29.0 Å². The van der Waals surface area contributed by atoms with Crippen LogP contribution in [0.3, 0.4) is 0 Å². The van der Waals surface area contributed by atoms with Gasteiger partial charge in [0.05, 0.1) is 37.2 Å². The maximum absolute atomic E-state index is 6.64. The van der Waals surface area contributed by atoms with Crippen LogP contribution in [0.5, 0.6) is 0 Å². The zero-order valence-corrected chi connectivity index (χ0v) is 18.0. The van der Waals surface area contributed by atoms with Crippen molar-refractivity contribution in [2.45, 2.75) is 51.0 Å². The molecule has 3 heterocycles. The largest absolute Gasteiger partial charge is 0.376 e. The summed E-state index contributed by atoms with van der Waals surface area (Å²) < 4.78 is 14.5. The fraction of sp³-hybridized carbons (Fsp3) is 0.571.